The van der Waals surface area contributed by atoms with Gasteiger partial charge in [0, 0.05) is 12.4 Å². The van der Waals surface area contributed by atoms with E-state index in [1.165, 1.54) is 12.1 Å². The third-order valence-electron chi connectivity index (χ3n) is 4.79. The summed E-state index contributed by atoms with van der Waals surface area (Å²) >= 11 is 0. The van der Waals surface area contributed by atoms with Gasteiger partial charge in [0.1, 0.15) is 6.61 Å². The average Bonchev–Trinajstić information content (AvgIpc) is 3.39. The number of aromatic nitrogens is 7. The number of aromatic amines is 1. The molecule has 0 atom stereocenters. The molecule has 0 aliphatic carbocycles. The van der Waals surface area contributed by atoms with Gasteiger partial charge in [-0.1, -0.05) is 22.5 Å². The molecule has 0 radical (unpaired) electrons. The Hall–Kier alpha value is -4.03. The fourth-order valence-electron chi connectivity index (χ4n) is 3.11. The maximum absolute atomic E-state index is 12.7. The molecule has 33 heavy (non-hydrogen) atoms. The first-order chi connectivity index (χ1) is 15.7. The van der Waals surface area contributed by atoms with Crippen LogP contribution in [0.1, 0.15) is 35.1 Å². The Morgan fingerprint density at radius 3 is 2.61 bits per heavy atom. The highest BCUT2D eigenvalue weighted by atomic mass is 19.4. The first-order valence-electron chi connectivity index (χ1n) is 9.75. The molecule has 0 amide bonds. The summed E-state index contributed by atoms with van der Waals surface area (Å²) in [4.78, 5) is 9.94. The predicted molar refractivity (Wildman–Crippen MR) is 110 cm³/mol. The molecule has 0 aliphatic heterocycles. The number of fused-ring (bicyclic) bond motifs is 1. The zero-order valence-corrected chi connectivity index (χ0v) is 17.9. The normalized spacial score (nSPS) is 12.4. The van der Waals surface area contributed by atoms with Crippen LogP contribution in [0.15, 0.2) is 35.5 Å². The average molecular weight is 460 g/mol. The summed E-state index contributed by atoms with van der Waals surface area (Å²) in [6.45, 7) is 3.60. The lowest BCUT2D eigenvalue weighted by atomic mass is 10.1. The number of nitrogens with one attached hydrogen (secondary N) is 1. The van der Waals surface area contributed by atoms with Crippen LogP contribution in [0.3, 0.4) is 0 Å². The number of H-pyrrole nitrogens is 1. The molecule has 0 fully saturated rings. The number of nitrogens with zero attached hydrogens (tertiary/aromatic N) is 7. The van der Waals surface area contributed by atoms with Gasteiger partial charge in [0.15, 0.2) is 12.3 Å². The van der Waals surface area contributed by atoms with Crippen LogP contribution in [0.4, 0.5) is 13.2 Å². The molecule has 0 aliphatic rings. The summed E-state index contributed by atoms with van der Waals surface area (Å²) in [6, 6.07) is 6.54. The quantitative estimate of drug-likeness (QED) is 0.332. The van der Waals surface area contributed by atoms with Gasteiger partial charge in [-0.3, -0.25) is 4.68 Å². The number of pyridine rings is 1. The van der Waals surface area contributed by atoms with Gasteiger partial charge in [-0.05, 0) is 37.6 Å². The number of hydrogen-bond donors (Lipinski definition) is 1. The number of hydrogen-bond acceptors (Lipinski definition) is 8. The smallest absolute Gasteiger partial charge is 0.416 e. The molecule has 0 saturated heterocycles. The van der Waals surface area contributed by atoms with E-state index in [-0.39, 0.29) is 19.1 Å². The molecule has 13 heteroatoms. The third-order valence-corrected chi connectivity index (χ3v) is 4.79. The highest BCUT2D eigenvalue weighted by Crippen LogP contribution is 2.29. The van der Waals surface area contributed by atoms with Crippen molar-refractivity contribution in [3.63, 3.8) is 0 Å². The number of ether oxygens (including phenoxy) is 1. The zero-order chi connectivity index (χ0) is 23.6. The lowest BCUT2D eigenvalue weighted by Gasteiger charge is -2.10. The zero-order valence-electron chi connectivity index (χ0n) is 17.9. The van der Waals surface area contributed by atoms with Crippen LogP contribution in [-0.2, 0) is 31.3 Å². The molecular weight excluding hydrogens is 441 g/mol. The van der Waals surface area contributed by atoms with Gasteiger partial charge in [-0.2, -0.15) is 28.5 Å². The molecule has 172 valence electrons. The molecule has 0 saturated carbocycles. The lowest BCUT2D eigenvalue weighted by molar-refractivity contribution is -0.137. The Bertz CT molecular complexity index is 1280. The van der Waals surface area contributed by atoms with Crippen molar-refractivity contribution in [2.45, 2.75) is 33.2 Å². The van der Waals surface area contributed by atoms with Crippen molar-refractivity contribution in [1.29, 1.82) is 0 Å². The van der Waals surface area contributed by atoms with Crippen molar-refractivity contribution in [3.05, 3.63) is 58.5 Å². The molecule has 4 rings (SSSR count). The van der Waals surface area contributed by atoms with Crippen LogP contribution in [0.5, 0.6) is 5.88 Å². The second kappa shape index (κ2) is 8.84. The summed E-state index contributed by atoms with van der Waals surface area (Å²) in [5, 5.41) is 22.8. The number of tetrazole rings is 1. The molecule has 3 aromatic heterocycles. The highest BCUT2D eigenvalue weighted by Gasteiger charge is 2.29. The van der Waals surface area contributed by atoms with Gasteiger partial charge in [-0.25, -0.2) is 0 Å². The fraction of sp³-hybridized carbons (Fsp3) is 0.300. The summed E-state index contributed by atoms with van der Waals surface area (Å²) in [7, 11) is 1.78. The van der Waals surface area contributed by atoms with E-state index in [4.69, 9.17) is 9.57 Å². The molecule has 0 unspecified atom stereocenters. The van der Waals surface area contributed by atoms with E-state index in [0.717, 1.165) is 23.2 Å². The minimum Gasteiger partial charge on any atom is -0.469 e. The van der Waals surface area contributed by atoms with E-state index in [0.29, 0.717) is 28.3 Å². The van der Waals surface area contributed by atoms with Gasteiger partial charge in [0.2, 0.25) is 11.7 Å². The molecule has 0 spiro atoms. The Morgan fingerprint density at radius 2 is 1.94 bits per heavy atom. The van der Waals surface area contributed by atoms with Crippen LogP contribution >= 0.6 is 0 Å². The van der Waals surface area contributed by atoms with Crippen LogP contribution in [-0.4, -0.2) is 41.1 Å². The Kier molecular flexibility index (Phi) is 5.94. The second-order valence-electron chi connectivity index (χ2n) is 7.18. The van der Waals surface area contributed by atoms with Gasteiger partial charge in [0.25, 0.3) is 0 Å². The predicted octanol–water partition coefficient (Wildman–Crippen LogP) is 3.33. The topological polar surface area (TPSA) is 116 Å². The highest BCUT2D eigenvalue weighted by molar-refractivity contribution is 6.03. The van der Waals surface area contributed by atoms with Gasteiger partial charge in [0.05, 0.1) is 22.5 Å². The number of rotatable bonds is 7. The number of oxime groups is 1. The maximum Gasteiger partial charge on any atom is 0.416 e. The van der Waals surface area contributed by atoms with Crippen LogP contribution in [0, 0.1) is 6.92 Å². The van der Waals surface area contributed by atoms with E-state index in [1.807, 2.05) is 13.0 Å². The SMILES string of the molecule is CC(=NOCc1ccc(C(F)(F)F)cc1)c1cc2c(C)nn(C)c2nc1OCc1nn[nH]n1. The molecule has 1 aromatic carbocycles. The third kappa shape index (κ3) is 4.91. The number of aryl methyl sites for hydroxylation is 2. The monoisotopic (exact) mass is 460 g/mol. The largest absolute Gasteiger partial charge is 0.469 e. The molecular formula is C20H19F3N8O2. The van der Waals surface area contributed by atoms with Crippen LogP contribution in [0.2, 0.25) is 0 Å². The van der Waals surface area contributed by atoms with E-state index < -0.39 is 11.7 Å². The van der Waals surface area contributed by atoms with E-state index in [2.05, 4.69) is 35.9 Å². The number of halogens is 3. The first-order valence-corrected chi connectivity index (χ1v) is 9.75. The van der Waals surface area contributed by atoms with Crippen molar-refractivity contribution in [1.82, 2.24) is 35.4 Å². The standard InChI is InChI=1S/C20H19F3N8O2/c1-11-15-8-16(12(2)28-33-9-13-4-6-14(7-5-13)20(21,22)23)19(24-18(15)31(3)27-11)32-10-17-25-29-30-26-17/h4-8H,9-10H2,1-3H3,(H,25,26,29,30). The molecule has 0 bridgehead atoms. The minimum atomic E-state index is -4.39. The van der Waals surface area contributed by atoms with Gasteiger partial charge >= 0.3 is 6.18 Å². The van der Waals surface area contributed by atoms with Crippen molar-refractivity contribution >= 4 is 16.7 Å². The van der Waals surface area contributed by atoms with E-state index in [1.54, 1.807) is 18.7 Å². The summed E-state index contributed by atoms with van der Waals surface area (Å²) in [6.07, 6.45) is -4.39. The summed E-state index contributed by atoms with van der Waals surface area (Å²) < 4.78 is 45.6. The fourth-order valence-corrected chi connectivity index (χ4v) is 3.11. The van der Waals surface area contributed by atoms with Crippen molar-refractivity contribution in [3.8, 4) is 5.88 Å². The maximum atomic E-state index is 12.7. The van der Waals surface area contributed by atoms with E-state index in [9.17, 15) is 13.2 Å². The Balaban J connectivity index is 1.56. The van der Waals surface area contributed by atoms with E-state index >= 15 is 0 Å². The van der Waals surface area contributed by atoms with Gasteiger partial charge < -0.3 is 9.57 Å². The Labute approximate surface area is 185 Å². The lowest BCUT2D eigenvalue weighted by Crippen LogP contribution is -2.07. The van der Waals surface area contributed by atoms with Crippen molar-refractivity contribution in [2.24, 2.45) is 12.2 Å². The van der Waals surface area contributed by atoms with Crippen molar-refractivity contribution in [2.75, 3.05) is 0 Å². The van der Waals surface area contributed by atoms with Crippen molar-refractivity contribution < 1.29 is 22.7 Å². The number of alkyl halides is 3. The van der Waals surface area contributed by atoms with Crippen LogP contribution in [0.25, 0.3) is 11.0 Å². The Morgan fingerprint density at radius 1 is 1.18 bits per heavy atom. The second-order valence-corrected chi connectivity index (χ2v) is 7.18. The summed E-state index contributed by atoms with van der Waals surface area (Å²) in [5.74, 6) is 0.617. The molecule has 1 N–H and O–H groups in total. The van der Waals surface area contributed by atoms with Crippen LogP contribution < -0.4 is 4.74 Å². The first kappa shape index (κ1) is 22.2. The number of benzene rings is 1. The summed E-state index contributed by atoms with van der Waals surface area (Å²) in [5.41, 5.74) is 2.25. The molecule has 10 nitrogen and oxygen atoms in total. The van der Waals surface area contributed by atoms with Gasteiger partial charge in [-0.15, -0.1) is 10.2 Å². The molecule has 4 aromatic rings. The molecule has 3 heterocycles. The minimum absolute atomic E-state index is 0.00385.